The Balaban J connectivity index is 2.76. The van der Waals surface area contributed by atoms with Crippen molar-refractivity contribution >= 4 is 27.5 Å². The number of anilines is 1. The number of halogens is 2. The number of nitrogens with one attached hydrogen (secondary N) is 1. The molecule has 1 aromatic rings. The molecule has 1 amide bonds. The molecule has 1 atom stereocenters. The Morgan fingerprint density at radius 3 is 2.55 bits per heavy atom. The van der Waals surface area contributed by atoms with Crippen LogP contribution in [0, 0.1) is 5.82 Å². The summed E-state index contributed by atoms with van der Waals surface area (Å²) in [7, 11) is 0. The van der Waals surface area contributed by atoms with Crippen molar-refractivity contribution in [3.05, 3.63) is 22.4 Å². The van der Waals surface area contributed by atoms with Gasteiger partial charge in [-0.3, -0.25) is 4.79 Å². The van der Waals surface area contributed by atoms with Gasteiger partial charge in [0.2, 0.25) is 0 Å². The van der Waals surface area contributed by atoms with Crippen LogP contribution in [0.5, 0.6) is 5.75 Å². The summed E-state index contributed by atoms with van der Waals surface area (Å²) in [4.78, 5) is 12.0. The van der Waals surface area contributed by atoms with Gasteiger partial charge in [0.25, 0.3) is 5.91 Å². The molecule has 1 rings (SSSR count). The van der Waals surface area contributed by atoms with Crippen LogP contribution in [0.1, 0.15) is 33.6 Å². The lowest BCUT2D eigenvalue weighted by Crippen LogP contribution is -2.42. The molecule has 0 radical (unpaired) electrons. The Labute approximate surface area is 127 Å². The third-order valence-corrected chi connectivity index (χ3v) is 3.62. The number of benzene rings is 1. The zero-order valence-electron chi connectivity index (χ0n) is 11.9. The average molecular weight is 347 g/mol. The molecule has 0 aliphatic heterocycles. The molecular formula is C14H20BrFN2O2. The van der Waals surface area contributed by atoms with E-state index in [2.05, 4.69) is 21.2 Å². The van der Waals surface area contributed by atoms with Gasteiger partial charge in [0, 0.05) is 12.1 Å². The molecule has 1 aromatic carbocycles. The van der Waals surface area contributed by atoms with Crippen molar-refractivity contribution in [2.45, 2.75) is 45.8 Å². The minimum absolute atomic E-state index is 0.127. The highest BCUT2D eigenvalue weighted by molar-refractivity contribution is 9.10. The van der Waals surface area contributed by atoms with Gasteiger partial charge in [-0.1, -0.05) is 13.8 Å². The van der Waals surface area contributed by atoms with Crippen LogP contribution in [0.25, 0.3) is 0 Å². The predicted octanol–water partition coefficient (Wildman–Crippen LogP) is 3.24. The molecule has 4 nitrogen and oxygen atoms in total. The highest BCUT2D eigenvalue weighted by Gasteiger charge is 2.20. The lowest BCUT2D eigenvalue weighted by atomic mass is 10.1. The molecule has 6 heteroatoms. The van der Waals surface area contributed by atoms with Gasteiger partial charge in [0.05, 0.1) is 10.2 Å². The SMILES string of the molecule is CCC(CC)NC(=O)C(C)Oc1c(N)cc(F)cc1Br. The molecule has 0 saturated heterocycles. The number of amides is 1. The summed E-state index contributed by atoms with van der Waals surface area (Å²) in [6.45, 7) is 5.65. The Hall–Kier alpha value is -1.30. The minimum atomic E-state index is -0.709. The van der Waals surface area contributed by atoms with Crippen molar-refractivity contribution in [2.75, 3.05) is 5.73 Å². The third-order valence-electron chi connectivity index (χ3n) is 3.03. The number of nitrogens with two attached hydrogens (primary N) is 1. The Morgan fingerprint density at radius 2 is 2.05 bits per heavy atom. The Kier molecular flexibility index (Phi) is 6.26. The van der Waals surface area contributed by atoms with Gasteiger partial charge >= 0.3 is 0 Å². The van der Waals surface area contributed by atoms with Crippen LogP contribution in [-0.4, -0.2) is 18.1 Å². The summed E-state index contributed by atoms with van der Waals surface area (Å²) in [6, 6.07) is 2.53. The van der Waals surface area contributed by atoms with Crippen molar-refractivity contribution in [3.8, 4) is 5.75 Å². The van der Waals surface area contributed by atoms with Crippen LogP contribution in [0.2, 0.25) is 0 Å². The molecule has 0 spiro atoms. The summed E-state index contributed by atoms with van der Waals surface area (Å²) in [6.07, 6.45) is 1.01. The van der Waals surface area contributed by atoms with Gasteiger partial charge in [0.15, 0.2) is 11.9 Å². The highest BCUT2D eigenvalue weighted by atomic mass is 79.9. The number of hydrogen-bond acceptors (Lipinski definition) is 3. The number of rotatable bonds is 6. The second-order valence-corrected chi connectivity index (χ2v) is 5.44. The first kappa shape index (κ1) is 16.8. The number of carbonyl (C=O) groups excluding carboxylic acids is 1. The molecule has 20 heavy (non-hydrogen) atoms. The Morgan fingerprint density at radius 1 is 1.45 bits per heavy atom. The number of hydrogen-bond donors (Lipinski definition) is 2. The fourth-order valence-corrected chi connectivity index (χ4v) is 2.29. The summed E-state index contributed by atoms with van der Waals surface area (Å²) >= 11 is 3.18. The van der Waals surface area contributed by atoms with Gasteiger partial charge < -0.3 is 15.8 Å². The predicted molar refractivity (Wildman–Crippen MR) is 81.1 cm³/mol. The molecule has 3 N–H and O–H groups in total. The smallest absolute Gasteiger partial charge is 0.260 e. The Bertz CT molecular complexity index is 455. The van der Waals surface area contributed by atoms with Gasteiger partial charge in [0.1, 0.15) is 5.82 Å². The van der Waals surface area contributed by atoms with Gasteiger partial charge in [-0.15, -0.1) is 0 Å². The number of carbonyl (C=O) groups is 1. The molecule has 1 unspecified atom stereocenters. The van der Waals surface area contributed by atoms with Crippen molar-refractivity contribution in [1.82, 2.24) is 5.32 Å². The minimum Gasteiger partial charge on any atom is -0.478 e. The second-order valence-electron chi connectivity index (χ2n) is 4.59. The van der Waals surface area contributed by atoms with Gasteiger partial charge in [-0.2, -0.15) is 0 Å². The van der Waals surface area contributed by atoms with E-state index in [0.717, 1.165) is 18.9 Å². The van der Waals surface area contributed by atoms with Crippen LogP contribution in [0.4, 0.5) is 10.1 Å². The van der Waals surface area contributed by atoms with Crippen LogP contribution in [0.15, 0.2) is 16.6 Å². The highest BCUT2D eigenvalue weighted by Crippen LogP contribution is 2.33. The zero-order valence-corrected chi connectivity index (χ0v) is 13.5. The molecule has 0 saturated carbocycles. The van der Waals surface area contributed by atoms with E-state index in [-0.39, 0.29) is 23.4 Å². The van der Waals surface area contributed by atoms with E-state index in [1.165, 1.54) is 6.07 Å². The molecule has 0 aromatic heterocycles. The fraction of sp³-hybridized carbons (Fsp3) is 0.500. The normalized spacial score (nSPS) is 12.3. The van der Waals surface area contributed by atoms with Crippen LogP contribution in [0.3, 0.4) is 0 Å². The standard InChI is InChI=1S/C14H20BrFN2O2/c1-4-10(5-2)18-14(19)8(3)20-13-11(15)6-9(16)7-12(13)17/h6-8,10H,4-5,17H2,1-3H3,(H,18,19). The summed E-state index contributed by atoms with van der Waals surface area (Å²) < 4.78 is 19.0. The van der Waals surface area contributed by atoms with Crippen molar-refractivity contribution < 1.29 is 13.9 Å². The summed E-state index contributed by atoms with van der Waals surface area (Å²) in [5, 5.41) is 2.89. The lowest BCUT2D eigenvalue weighted by Gasteiger charge is -2.20. The van der Waals surface area contributed by atoms with Crippen LogP contribution in [-0.2, 0) is 4.79 Å². The summed E-state index contributed by atoms with van der Waals surface area (Å²) in [5.74, 6) is -0.399. The maximum absolute atomic E-state index is 13.1. The molecular weight excluding hydrogens is 327 g/mol. The monoisotopic (exact) mass is 346 g/mol. The number of ether oxygens (including phenoxy) is 1. The van der Waals surface area contributed by atoms with E-state index in [1.54, 1.807) is 6.92 Å². The quantitative estimate of drug-likeness (QED) is 0.777. The topological polar surface area (TPSA) is 64.3 Å². The van der Waals surface area contributed by atoms with E-state index in [4.69, 9.17) is 10.5 Å². The molecule has 0 fully saturated rings. The molecule has 112 valence electrons. The van der Waals surface area contributed by atoms with Gasteiger partial charge in [-0.25, -0.2) is 4.39 Å². The van der Waals surface area contributed by atoms with Crippen molar-refractivity contribution in [2.24, 2.45) is 0 Å². The second kappa shape index (κ2) is 7.47. The fourth-order valence-electron chi connectivity index (χ4n) is 1.75. The maximum atomic E-state index is 13.1. The summed E-state index contributed by atoms with van der Waals surface area (Å²) in [5.41, 5.74) is 5.85. The van der Waals surface area contributed by atoms with E-state index < -0.39 is 11.9 Å². The third kappa shape index (κ3) is 4.37. The first-order valence-corrected chi connectivity index (χ1v) is 7.39. The zero-order chi connectivity index (χ0) is 15.3. The molecule has 0 aliphatic rings. The van der Waals surface area contributed by atoms with Gasteiger partial charge in [-0.05, 0) is 41.8 Å². The van der Waals surface area contributed by atoms with Crippen LogP contribution >= 0.6 is 15.9 Å². The van der Waals surface area contributed by atoms with E-state index in [0.29, 0.717) is 4.47 Å². The number of nitrogen functional groups attached to an aromatic ring is 1. The lowest BCUT2D eigenvalue weighted by molar-refractivity contribution is -0.128. The van der Waals surface area contributed by atoms with Crippen molar-refractivity contribution in [1.29, 1.82) is 0 Å². The largest absolute Gasteiger partial charge is 0.478 e. The van der Waals surface area contributed by atoms with E-state index >= 15 is 0 Å². The maximum Gasteiger partial charge on any atom is 0.260 e. The molecule has 0 bridgehead atoms. The van der Waals surface area contributed by atoms with Crippen molar-refractivity contribution in [3.63, 3.8) is 0 Å². The average Bonchev–Trinajstić information content (AvgIpc) is 2.39. The van der Waals surface area contributed by atoms with E-state index in [9.17, 15) is 9.18 Å². The van der Waals surface area contributed by atoms with Crippen LogP contribution < -0.4 is 15.8 Å². The molecule has 0 heterocycles. The van der Waals surface area contributed by atoms with E-state index in [1.807, 2.05) is 13.8 Å². The first-order valence-electron chi connectivity index (χ1n) is 6.60. The molecule has 0 aliphatic carbocycles. The first-order chi connectivity index (χ1) is 9.38.